The number of methoxy groups -OCH3 is 1. The summed E-state index contributed by atoms with van der Waals surface area (Å²) in [6, 6.07) is 14.4. The molecular formula is C29H26FN7O2. The van der Waals surface area contributed by atoms with Crippen molar-refractivity contribution in [3.8, 4) is 45.4 Å². The van der Waals surface area contributed by atoms with Crippen molar-refractivity contribution in [1.29, 1.82) is 0 Å². The molecule has 0 aliphatic rings. The number of ether oxygens (including phenoxy) is 2. The average molecular weight is 524 g/mol. The number of aromatic amines is 2. The first-order valence-electron chi connectivity index (χ1n) is 12.4. The molecule has 6 aromatic rings. The summed E-state index contributed by atoms with van der Waals surface area (Å²) in [4.78, 5) is 19.0. The first-order valence-corrected chi connectivity index (χ1v) is 12.4. The molecule has 0 unspecified atom stereocenters. The largest absolute Gasteiger partial charge is 0.495 e. The van der Waals surface area contributed by atoms with E-state index in [4.69, 9.17) is 14.5 Å². The molecule has 196 valence electrons. The second kappa shape index (κ2) is 10.1. The third-order valence-corrected chi connectivity index (χ3v) is 6.42. The highest BCUT2D eigenvalue weighted by atomic mass is 19.1. The zero-order valence-corrected chi connectivity index (χ0v) is 21.7. The minimum atomic E-state index is -0.403. The quantitative estimate of drug-likeness (QED) is 0.278. The van der Waals surface area contributed by atoms with Gasteiger partial charge in [0.2, 0.25) is 0 Å². The van der Waals surface area contributed by atoms with Crippen LogP contribution in [0.25, 0.3) is 55.8 Å². The van der Waals surface area contributed by atoms with Crippen LogP contribution in [0.2, 0.25) is 0 Å². The third-order valence-electron chi connectivity index (χ3n) is 6.42. The van der Waals surface area contributed by atoms with E-state index in [1.54, 1.807) is 31.8 Å². The number of hydrogen-bond donors (Lipinski definition) is 2. The van der Waals surface area contributed by atoms with Gasteiger partial charge >= 0.3 is 0 Å². The van der Waals surface area contributed by atoms with Crippen LogP contribution in [-0.2, 0) is 0 Å². The van der Waals surface area contributed by atoms with Crippen molar-refractivity contribution in [3.05, 3.63) is 72.9 Å². The van der Waals surface area contributed by atoms with E-state index in [2.05, 4.69) is 25.1 Å². The van der Waals surface area contributed by atoms with Gasteiger partial charge in [-0.1, -0.05) is 6.07 Å². The number of benzene rings is 2. The van der Waals surface area contributed by atoms with Gasteiger partial charge in [-0.05, 0) is 56.1 Å². The van der Waals surface area contributed by atoms with Crippen LogP contribution >= 0.6 is 0 Å². The minimum absolute atomic E-state index is 0.403. The summed E-state index contributed by atoms with van der Waals surface area (Å²) in [5.41, 5.74) is 5.93. The normalized spacial score (nSPS) is 11.5. The van der Waals surface area contributed by atoms with Crippen LogP contribution in [0, 0.1) is 5.82 Å². The number of hydrogen-bond acceptors (Lipinski definition) is 7. The number of fused-ring (bicyclic) bond motifs is 2. The highest BCUT2D eigenvalue weighted by Crippen LogP contribution is 2.34. The molecule has 4 aromatic heterocycles. The second-order valence-corrected chi connectivity index (χ2v) is 9.41. The number of nitrogens with zero attached hydrogens (tertiary/aromatic N) is 5. The van der Waals surface area contributed by atoms with Crippen molar-refractivity contribution in [2.45, 2.75) is 0 Å². The lowest BCUT2D eigenvalue weighted by atomic mass is 10.0. The molecule has 0 saturated carbocycles. The van der Waals surface area contributed by atoms with Crippen molar-refractivity contribution in [1.82, 2.24) is 35.0 Å². The van der Waals surface area contributed by atoms with E-state index in [1.807, 2.05) is 49.3 Å². The van der Waals surface area contributed by atoms with Gasteiger partial charge in [-0.15, -0.1) is 0 Å². The fourth-order valence-electron chi connectivity index (χ4n) is 4.45. The smallest absolute Gasteiger partial charge is 0.159 e. The molecule has 2 aromatic carbocycles. The number of H-pyrrole nitrogens is 2. The fourth-order valence-corrected chi connectivity index (χ4v) is 4.45. The van der Waals surface area contributed by atoms with Crippen molar-refractivity contribution >= 4 is 21.9 Å². The number of halogens is 1. The van der Waals surface area contributed by atoms with Crippen molar-refractivity contribution in [2.75, 3.05) is 34.4 Å². The summed E-state index contributed by atoms with van der Waals surface area (Å²) < 4.78 is 25.7. The lowest BCUT2D eigenvalue weighted by Gasteiger charge is -2.12. The number of pyridine rings is 2. The Morgan fingerprint density at radius 3 is 2.62 bits per heavy atom. The number of aromatic nitrogens is 6. The van der Waals surface area contributed by atoms with Gasteiger partial charge in [0.15, 0.2) is 5.82 Å². The summed E-state index contributed by atoms with van der Waals surface area (Å²) in [6.07, 6.45) is 5.14. The first kappa shape index (κ1) is 24.5. The van der Waals surface area contributed by atoms with Gasteiger partial charge in [-0.25, -0.2) is 9.37 Å². The van der Waals surface area contributed by atoms with Gasteiger partial charge in [0.05, 0.1) is 30.0 Å². The summed E-state index contributed by atoms with van der Waals surface area (Å²) in [7, 11) is 5.53. The van der Waals surface area contributed by atoms with Crippen LogP contribution < -0.4 is 9.47 Å². The Kier molecular flexibility index (Phi) is 6.37. The molecule has 6 rings (SSSR count). The molecule has 0 spiro atoms. The van der Waals surface area contributed by atoms with Crippen molar-refractivity contribution < 1.29 is 13.9 Å². The Morgan fingerprint density at radius 1 is 0.897 bits per heavy atom. The molecule has 4 heterocycles. The summed E-state index contributed by atoms with van der Waals surface area (Å²) in [6.45, 7) is 1.16. The Balaban J connectivity index is 1.40. The molecule has 39 heavy (non-hydrogen) atoms. The molecule has 0 amide bonds. The molecule has 0 aliphatic carbocycles. The van der Waals surface area contributed by atoms with E-state index in [9.17, 15) is 4.39 Å². The molecule has 9 nitrogen and oxygen atoms in total. The van der Waals surface area contributed by atoms with Gasteiger partial charge in [-0.3, -0.25) is 15.1 Å². The maximum atomic E-state index is 14.6. The van der Waals surface area contributed by atoms with Crippen LogP contribution in [0.4, 0.5) is 4.39 Å². The summed E-state index contributed by atoms with van der Waals surface area (Å²) in [5.74, 6) is 1.30. The molecule has 2 N–H and O–H groups in total. The molecule has 0 fully saturated rings. The summed E-state index contributed by atoms with van der Waals surface area (Å²) >= 11 is 0. The van der Waals surface area contributed by atoms with Crippen LogP contribution in [-0.4, -0.2) is 69.4 Å². The fraction of sp³-hybridized carbons (Fsp3) is 0.172. The predicted octanol–water partition coefficient (Wildman–Crippen LogP) is 5.32. The van der Waals surface area contributed by atoms with Crippen LogP contribution in [0.5, 0.6) is 11.5 Å². The van der Waals surface area contributed by atoms with Crippen molar-refractivity contribution in [2.24, 2.45) is 0 Å². The van der Waals surface area contributed by atoms with Crippen LogP contribution in [0.1, 0.15) is 0 Å². The summed E-state index contributed by atoms with van der Waals surface area (Å²) in [5, 5.41) is 8.52. The molecule has 0 bridgehead atoms. The van der Waals surface area contributed by atoms with Crippen LogP contribution in [0.15, 0.2) is 67.1 Å². The maximum Gasteiger partial charge on any atom is 0.159 e. The highest BCUT2D eigenvalue weighted by molar-refractivity contribution is 5.97. The van der Waals surface area contributed by atoms with E-state index in [-0.39, 0.29) is 0 Å². The lowest BCUT2D eigenvalue weighted by Crippen LogP contribution is -2.19. The Hall–Kier alpha value is -4.83. The molecule has 0 aliphatic heterocycles. The number of rotatable bonds is 8. The average Bonchev–Trinajstić information content (AvgIpc) is 3.56. The van der Waals surface area contributed by atoms with Gasteiger partial charge in [0.25, 0.3) is 0 Å². The van der Waals surface area contributed by atoms with Gasteiger partial charge in [0, 0.05) is 41.5 Å². The van der Waals surface area contributed by atoms with E-state index in [0.29, 0.717) is 46.4 Å². The van der Waals surface area contributed by atoms with E-state index in [1.165, 1.54) is 12.1 Å². The van der Waals surface area contributed by atoms with E-state index >= 15 is 0 Å². The molecule has 10 heteroatoms. The zero-order chi connectivity index (χ0) is 26.9. The van der Waals surface area contributed by atoms with Gasteiger partial charge in [0.1, 0.15) is 35.1 Å². The lowest BCUT2D eigenvalue weighted by molar-refractivity contribution is 0.260. The number of imidazole rings is 1. The molecule has 0 atom stereocenters. The van der Waals surface area contributed by atoms with E-state index < -0.39 is 5.82 Å². The predicted molar refractivity (Wildman–Crippen MR) is 148 cm³/mol. The maximum absolute atomic E-state index is 14.6. The minimum Gasteiger partial charge on any atom is -0.495 e. The monoisotopic (exact) mass is 523 g/mol. The van der Waals surface area contributed by atoms with Gasteiger partial charge in [-0.2, -0.15) is 5.10 Å². The standard InChI is InChI=1S/C29H26FN7O2/c1-37(2)8-9-39-21-11-18(10-20(30)14-21)26-28-25(6-7-32-26)33-29(34-28)27-23-13-17(4-5-24(23)35-36-27)19-12-22(38-3)16-31-15-19/h4-7,10-16H,8-9H2,1-3H3,(H,33,34)(H,35,36). The number of nitrogens with one attached hydrogen (secondary N) is 2. The Bertz CT molecular complexity index is 1790. The Morgan fingerprint density at radius 2 is 1.77 bits per heavy atom. The SMILES string of the molecule is COc1cncc(-c2ccc3[nH]nc(-c4nc5c(-c6cc(F)cc(OCCN(C)C)c6)nccc5[nH]4)c3c2)c1. The van der Waals surface area contributed by atoms with Crippen LogP contribution in [0.3, 0.4) is 0 Å². The second-order valence-electron chi connectivity index (χ2n) is 9.41. The number of likely N-dealkylation sites (N-methyl/N-ethyl adjacent to an activating group) is 1. The topological polar surface area (TPSA) is 105 Å². The van der Waals surface area contributed by atoms with Crippen molar-refractivity contribution in [3.63, 3.8) is 0 Å². The third kappa shape index (κ3) is 4.89. The highest BCUT2D eigenvalue weighted by Gasteiger charge is 2.17. The van der Waals surface area contributed by atoms with Gasteiger partial charge < -0.3 is 19.4 Å². The molecule has 0 saturated heterocycles. The Labute approximate surface area is 223 Å². The van der Waals surface area contributed by atoms with E-state index in [0.717, 1.165) is 34.1 Å². The molecule has 0 radical (unpaired) electrons. The first-order chi connectivity index (χ1) is 19.0. The molecular weight excluding hydrogens is 497 g/mol. The zero-order valence-electron chi connectivity index (χ0n) is 21.7.